The van der Waals surface area contributed by atoms with Crippen molar-refractivity contribution in [3.05, 3.63) is 40.6 Å². The number of carbonyl (C=O) groups excluding carboxylic acids is 2. The largest absolute Gasteiger partial charge is 0.476 e. The molecule has 3 atom stereocenters. The summed E-state index contributed by atoms with van der Waals surface area (Å²) < 4.78 is 5.63. The Morgan fingerprint density at radius 3 is 2.48 bits per heavy atom. The number of aliphatic carboxylic acids is 1. The number of nitrogens with one attached hydrogen (secondary N) is 1. The predicted molar refractivity (Wildman–Crippen MR) is 88.5 cm³/mol. The van der Waals surface area contributed by atoms with Crippen molar-refractivity contribution in [2.24, 2.45) is 5.92 Å². The number of aliphatic hydroxyl groups is 1. The SMILES string of the molecule is CNC(=O)c1ccc(OC2=C(C(=O)O)N3C(=O)[C@H]([C@@H](C)O)[C@H]3S2)cc1. The van der Waals surface area contributed by atoms with E-state index < -0.39 is 29.3 Å². The number of rotatable bonds is 5. The molecule has 8 nitrogen and oxygen atoms in total. The van der Waals surface area contributed by atoms with Crippen molar-refractivity contribution < 1.29 is 29.3 Å². The van der Waals surface area contributed by atoms with Crippen LogP contribution in [0.25, 0.3) is 0 Å². The van der Waals surface area contributed by atoms with Crippen LogP contribution in [0, 0.1) is 5.92 Å². The molecule has 3 N–H and O–H groups in total. The molecule has 1 fully saturated rings. The number of hydrogen-bond donors (Lipinski definition) is 3. The molecule has 0 unspecified atom stereocenters. The molecule has 0 aromatic heterocycles. The highest BCUT2D eigenvalue weighted by atomic mass is 32.2. The maximum absolute atomic E-state index is 12.1. The fourth-order valence-corrected chi connectivity index (χ4v) is 4.21. The minimum atomic E-state index is -1.27. The van der Waals surface area contributed by atoms with Gasteiger partial charge in [0.15, 0.2) is 10.8 Å². The van der Waals surface area contributed by atoms with E-state index in [1.54, 1.807) is 24.3 Å². The third-order valence-corrected chi connectivity index (χ3v) is 5.26. The van der Waals surface area contributed by atoms with Crippen molar-refractivity contribution in [3.8, 4) is 5.75 Å². The molecule has 0 bridgehead atoms. The van der Waals surface area contributed by atoms with Gasteiger partial charge in [-0.25, -0.2) is 4.79 Å². The molecule has 2 aliphatic rings. The van der Waals surface area contributed by atoms with Crippen LogP contribution in [0.5, 0.6) is 5.75 Å². The fourth-order valence-electron chi connectivity index (χ4n) is 2.75. The second kappa shape index (κ2) is 6.41. The summed E-state index contributed by atoms with van der Waals surface area (Å²) in [6, 6.07) is 6.18. The van der Waals surface area contributed by atoms with Gasteiger partial charge in [0.25, 0.3) is 5.91 Å². The van der Waals surface area contributed by atoms with Gasteiger partial charge in [-0.2, -0.15) is 0 Å². The third kappa shape index (κ3) is 2.85. The summed E-state index contributed by atoms with van der Waals surface area (Å²) >= 11 is 1.09. The number of benzene rings is 1. The van der Waals surface area contributed by atoms with Crippen LogP contribution in [-0.4, -0.2) is 51.4 Å². The molecule has 2 aliphatic heterocycles. The summed E-state index contributed by atoms with van der Waals surface area (Å²) in [4.78, 5) is 36.3. The van der Waals surface area contributed by atoms with Gasteiger partial charge in [0.2, 0.25) is 5.91 Å². The molecule has 3 rings (SSSR count). The lowest BCUT2D eigenvalue weighted by Gasteiger charge is -2.43. The van der Waals surface area contributed by atoms with E-state index in [0.29, 0.717) is 11.3 Å². The van der Waals surface area contributed by atoms with E-state index in [4.69, 9.17) is 4.74 Å². The topological polar surface area (TPSA) is 116 Å². The Kier molecular flexibility index (Phi) is 4.44. The summed E-state index contributed by atoms with van der Waals surface area (Å²) in [6.45, 7) is 1.50. The summed E-state index contributed by atoms with van der Waals surface area (Å²) in [5.41, 5.74) is 0.210. The Balaban J connectivity index is 1.83. The van der Waals surface area contributed by atoms with Gasteiger partial charge in [0, 0.05) is 12.6 Å². The number of β-lactam (4-membered cyclic amide) rings is 1. The molecule has 25 heavy (non-hydrogen) atoms. The van der Waals surface area contributed by atoms with Crippen LogP contribution in [0.4, 0.5) is 0 Å². The number of thioether (sulfide) groups is 1. The van der Waals surface area contributed by atoms with E-state index in [1.165, 1.54) is 14.0 Å². The van der Waals surface area contributed by atoms with Crippen molar-refractivity contribution in [3.63, 3.8) is 0 Å². The van der Waals surface area contributed by atoms with E-state index in [-0.39, 0.29) is 16.7 Å². The predicted octanol–water partition coefficient (Wildman–Crippen LogP) is 0.591. The zero-order chi connectivity index (χ0) is 18.3. The van der Waals surface area contributed by atoms with Crippen molar-refractivity contribution in [1.82, 2.24) is 10.2 Å². The molecule has 0 aliphatic carbocycles. The maximum atomic E-state index is 12.1. The van der Waals surface area contributed by atoms with Gasteiger partial charge in [-0.3, -0.25) is 14.5 Å². The smallest absolute Gasteiger partial charge is 0.357 e. The first-order chi connectivity index (χ1) is 11.8. The monoisotopic (exact) mass is 364 g/mol. The summed E-state index contributed by atoms with van der Waals surface area (Å²) in [5, 5.41) is 21.2. The van der Waals surface area contributed by atoms with Gasteiger partial charge in [0.05, 0.1) is 12.0 Å². The third-order valence-electron chi connectivity index (χ3n) is 4.02. The van der Waals surface area contributed by atoms with Crippen LogP contribution < -0.4 is 10.1 Å². The number of amides is 2. The molecule has 1 saturated heterocycles. The Morgan fingerprint density at radius 2 is 1.96 bits per heavy atom. The Bertz CT molecular complexity index is 773. The minimum absolute atomic E-state index is 0.0849. The van der Waals surface area contributed by atoms with E-state index in [9.17, 15) is 24.6 Å². The molecule has 1 aromatic carbocycles. The highest BCUT2D eigenvalue weighted by molar-refractivity contribution is 8.03. The number of aliphatic hydroxyl groups excluding tert-OH is 1. The van der Waals surface area contributed by atoms with E-state index >= 15 is 0 Å². The van der Waals surface area contributed by atoms with Crippen LogP contribution in [0.1, 0.15) is 17.3 Å². The number of carboxylic acids is 1. The van der Waals surface area contributed by atoms with E-state index in [1.807, 2.05) is 0 Å². The van der Waals surface area contributed by atoms with Gasteiger partial charge < -0.3 is 20.3 Å². The second-order valence-corrected chi connectivity index (χ2v) is 6.72. The molecule has 1 aromatic rings. The van der Waals surface area contributed by atoms with Gasteiger partial charge in [-0.1, -0.05) is 11.8 Å². The van der Waals surface area contributed by atoms with Crippen molar-refractivity contribution >= 4 is 29.5 Å². The van der Waals surface area contributed by atoms with E-state index in [0.717, 1.165) is 16.7 Å². The first kappa shape index (κ1) is 17.3. The second-order valence-electron chi connectivity index (χ2n) is 5.63. The van der Waals surface area contributed by atoms with Gasteiger partial charge >= 0.3 is 5.97 Å². The minimum Gasteiger partial charge on any atom is -0.476 e. The van der Waals surface area contributed by atoms with Crippen molar-refractivity contribution in [2.75, 3.05) is 7.05 Å². The first-order valence-electron chi connectivity index (χ1n) is 7.50. The van der Waals surface area contributed by atoms with Gasteiger partial charge in [0.1, 0.15) is 11.1 Å². The normalized spacial score (nSPS) is 23.0. The van der Waals surface area contributed by atoms with Crippen molar-refractivity contribution in [2.45, 2.75) is 18.4 Å². The van der Waals surface area contributed by atoms with Gasteiger partial charge in [-0.05, 0) is 31.2 Å². The molecule has 132 valence electrons. The summed E-state index contributed by atoms with van der Waals surface area (Å²) in [7, 11) is 1.52. The summed E-state index contributed by atoms with van der Waals surface area (Å²) in [6.07, 6.45) is -0.873. The van der Waals surface area contributed by atoms with Crippen LogP contribution in [-0.2, 0) is 9.59 Å². The van der Waals surface area contributed by atoms with E-state index in [2.05, 4.69) is 5.32 Å². The average Bonchev–Trinajstić information content (AvgIpc) is 2.88. The molecule has 2 heterocycles. The Hall–Kier alpha value is -2.52. The highest BCUT2D eigenvalue weighted by Crippen LogP contribution is 2.50. The summed E-state index contributed by atoms with van der Waals surface area (Å²) in [5.74, 6) is -2.27. The lowest BCUT2D eigenvalue weighted by atomic mass is 9.92. The van der Waals surface area contributed by atoms with Crippen molar-refractivity contribution in [1.29, 1.82) is 0 Å². The number of carboxylic acid groups (broad SMARTS) is 1. The van der Waals surface area contributed by atoms with Crippen LogP contribution in [0.3, 0.4) is 0 Å². The number of fused-ring (bicyclic) bond motifs is 1. The van der Waals surface area contributed by atoms with Crippen LogP contribution >= 0.6 is 11.8 Å². The van der Waals surface area contributed by atoms with Crippen LogP contribution in [0.2, 0.25) is 0 Å². The maximum Gasteiger partial charge on any atom is 0.357 e. The lowest BCUT2D eigenvalue weighted by Crippen LogP contribution is -2.60. The molecule has 0 radical (unpaired) electrons. The molecular formula is C16H16N2O6S. The Labute approximate surface area is 147 Å². The quantitative estimate of drug-likeness (QED) is 0.655. The first-order valence-corrected chi connectivity index (χ1v) is 8.38. The zero-order valence-electron chi connectivity index (χ0n) is 13.4. The zero-order valence-corrected chi connectivity index (χ0v) is 14.2. The number of hydrogen-bond acceptors (Lipinski definition) is 6. The number of carbonyl (C=O) groups is 3. The lowest BCUT2D eigenvalue weighted by molar-refractivity contribution is -0.156. The standard InChI is InChI=1S/C16H16N2O6S/c1-7(19)10-13(21)18-11(15(22)23)16(25-14(10)18)24-9-5-3-8(4-6-9)12(20)17-2/h3-7,10,14,19H,1-2H3,(H,17,20)(H,22,23)/t7-,10+,14-/m1/s1. The molecule has 0 saturated carbocycles. The highest BCUT2D eigenvalue weighted by Gasteiger charge is 2.58. The molecule has 2 amide bonds. The molecule has 0 spiro atoms. The Morgan fingerprint density at radius 1 is 1.32 bits per heavy atom. The average molecular weight is 364 g/mol. The number of nitrogens with zero attached hydrogens (tertiary/aromatic N) is 1. The fraction of sp³-hybridized carbons (Fsp3) is 0.312. The molecule has 9 heteroatoms. The molecular weight excluding hydrogens is 348 g/mol. The number of ether oxygens (including phenoxy) is 1. The van der Waals surface area contributed by atoms with Crippen LogP contribution in [0.15, 0.2) is 35.1 Å². The van der Waals surface area contributed by atoms with Gasteiger partial charge in [-0.15, -0.1) is 0 Å².